The minimum atomic E-state index is -0.528. The van der Waals surface area contributed by atoms with Gasteiger partial charge in [-0.3, -0.25) is 5.10 Å². The van der Waals surface area contributed by atoms with Gasteiger partial charge in [-0.1, -0.05) is 18.2 Å². The monoisotopic (exact) mass is 342 g/mol. The number of halogens is 1. The van der Waals surface area contributed by atoms with E-state index in [4.69, 9.17) is 15.2 Å². The SMILES string of the molecule is CCOc1cc(C(N)c2nc(-c3cccc(F)c3)n[nH]2)ccc1OC. The van der Waals surface area contributed by atoms with Crippen LogP contribution in [0.25, 0.3) is 11.4 Å². The molecule has 7 heteroatoms. The van der Waals surface area contributed by atoms with Gasteiger partial charge < -0.3 is 15.2 Å². The number of methoxy groups -OCH3 is 1. The van der Waals surface area contributed by atoms with Crippen LogP contribution in [-0.2, 0) is 0 Å². The third-order valence-electron chi connectivity index (χ3n) is 3.73. The van der Waals surface area contributed by atoms with Crippen molar-refractivity contribution in [3.63, 3.8) is 0 Å². The molecule has 0 fully saturated rings. The van der Waals surface area contributed by atoms with Gasteiger partial charge in [0.15, 0.2) is 17.3 Å². The molecular formula is C18H19FN4O2. The molecule has 1 atom stereocenters. The lowest BCUT2D eigenvalue weighted by atomic mass is 10.1. The predicted octanol–water partition coefficient (Wildman–Crippen LogP) is 3.07. The van der Waals surface area contributed by atoms with Crippen LogP contribution in [0.3, 0.4) is 0 Å². The molecule has 0 bridgehead atoms. The molecule has 6 nitrogen and oxygen atoms in total. The minimum Gasteiger partial charge on any atom is -0.493 e. The average Bonchev–Trinajstić information content (AvgIpc) is 3.11. The Morgan fingerprint density at radius 1 is 1.20 bits per heavy atom. The summed E-state index contributed by atoms with van der Waals surface area (Å²) in [5, 5.41) is 6.95. The Morgan fingerprint density at radius 3 is 2.76 bits per heavy atom. The molecule has 3 aromatic rings. The number of rotatable bonds is 6. The van der Waals surface area contributed by atoms with Crippen molar-refractivity contribution < 1.29 is 13.9 Å². The first-order chi connectivity index (χ1) is 12.1. The maximum Gasteiger partial charge on any atom is 0.181 e. The third kappa shape index (κ3) is 3.61. The fourth-order valence-electron chi connectivity index (χ4n) is 2.48. The van der Waals surface area contributed by atoms with Crippen LogP contribution < -0.4 is 15.2 Å². The first-order valence-corrected chi connectivity index (χ1v) is 7.87. The van der Waals surface area contributed by atoms with E-state index in [2.05, 4.69) is 15.2 Å². The summed E-state index contributed by atoms with van der Waals surface area (Å²) in [6, 6.07) is 11.0. The van der Waals surface area contributed by atoms with Crippen LogP contribution in [0.15, 0.2) is 42.5 Å². The molecule has 1 aromatic heterocycles. The van der Waals surface area contributed by atoms with E-state index in [1.165, 1.54) is 12.1 Å². The average molecular weight is 342 g/mol. The van der Waals surface area contributed by atoms with Gasteiger partial charge in [-0.15, -0.1) is 0 Å². The van der Waals surface area contributed by atoms with Crippen LogP contribution in [0, 0.1) is 5.82 Å². The van der Waals surface area contributed by atoms with E-state index in [1.807, 2.05) is 19.1 Å². The standard InChI is InChI=1S/C18H19FN4O2/c1-3-25-15-10-11(7-8-14(15)24-2)16(20)18-21-17(22-23-18)12-5-4-6-13(19)9-12/h4-10,16H,3,20H2,1-2H3,(H,21,22,23). The molecule has 0 aliphatic rings. The van der Waals surface area contributed by atoms with Crippen LogP contribution in [0.2, 0.25) is 0 Å². The summed E-state index contributed by atoms with van der Waals surface area (Å²) in [4.78, 5) is 4.39. The van der Waals surface area contributed by atoms with Crippen molar-refractivity contribution in [2.24, 2.45) is 5.73 Å². The van der Waals surface area contributed by atoms with Gasteiger partial charge in [-0.25, -0.2) is 9.37 Å². The first-order valence-electron chi connectivity index (χ1n) is 7.87. The van der Waals surface area contributed by atoms with Gasteiger partial charge in [-0.05, 0) is 36.8 Å². The van der Waals surface area contributed by atoms with Crippen LogP contribution >= 0.6 is 0 Å². The number of nitrogens with one attached hydrogen (secondary N) is 1. The van der Waals surface area contributed by atoms with Crippen molar-refractivity contribution >= 4 is 0 Å². The highest BCUT2D eigenvalue weighted by atomic mass is 19.1. The van der Waals surface area contributed by atoms with Gasteiger partial charge in [0.1, 0.15) is 11.6 Å². The summed E-state index contributed by atoms with van der Waals surface area (Å²) >= 11 is 0. The van der Waals surface area contributed by atoms with E-state index < -0.39 is 6.04 Å². The summed E-state index contributed by atoms with van der Waals surface area (Å²) in [5.74, 6) is 1.78. The van der Waals surface area contributed by atoms with Crippen molar-refractivity contribution in [1.29, 1.82) is 0 Å². The smallest absolute Gasteiger partial charge is 0.181 e. The Morgan fingerprint density at radius 2 is 2.04 bits per heavy atom. The number of aromatic amines is 1. The molecule has 2 aromatic carbocycles. The zero-order chi connectivity index (χ0) is 17.8. The number of H-pyrrole nitrogens is 1. The molecular weight excluding hydrogens is 323 g/mol. The van der Waals surface area contributed by atoms with Crippen molar-refractivity contribution in [2.45, 2.75) is 13.0 Å². The number of aromatic nitrogens is 3. The van der Waals surface area contributed by atoms with Crippen LogP contribution in [0.1, 0.15) is 24.4 Å². The summed E-state index contributed by atoms with van der Waals surface area (Å²) in [7, 11) is 1.58. The molecule has 0 amide bonds. The molecule has 25 heavy (non-hydrogen) atoms. The number of benzene rings is 2. The summed E-state index contributed by atoms with van der Waals surface area (Å²) < 4.78 is 24.2. The maximum absolute atomic E-state index is 13.4. The minimum absolute atomic E-state index is 0.343. The second-order valence-electron chi connectivity index (χ2n) is 5.38. The zero-order valence-corrected chi connectivity index (χ0v) is 14.0. The van der Waals surface area contributed by atoms with Crippen LogP contribution in [0.5, 0.6) is 11.5 Å². The molecule has 130 valence electrons. The zero-order valence-electron chi connectivity index (χ0n) is 14.0. The summed E-state index contributed by atoms with van der Waals surface area (Å²) in [5.41, 5.74) is 7.67. The highest BCUT2D eigenvalue weighted by molar-refractivity contribution is 5.54. The van der Waals surface area contributed by atoms with Crippen molar-refractivity contribution in [3.05, 3.63) is 59.7 Å². The van der Waals surface area contributed by atoms with E-state index in [9.17, 15) is 4.39 Å². The van der Waals surface area contributed by atoms with E-state index in [0.29, 0.717) is 35.3 Å². The van der Waals surface area contributed by atoms with Crippen LogP contribution in [-0.4, -0.2) is 28.9 Å². The Hall–Kier alpha value is -2.93. The Labute approximate surface area is 144 Å². The normalized spacial score (nSPS) is 12.0. The number of ether oxygens (including phenoxy) is 2. The Balaban J connectivity index is 1.89. The van der Waals surface area contributed by atoms with Gasteiger partial charge in [0.05, 0.1) is 19.8 Å². The molecule has 0 spiro atoms. The highest BCUT2D eigenvalue weighted by Gasteiger charge is 2.17. The van der Waals surface area contributed by atoms with E-state index in [1.54, 1.807) is 25.3 Å². The van der Waals surface area contributed by atoms with Gasteiger partial charge in [0, 0.05) is 5.56 Å². The second kappa shape index (κ2) is 7.31. The number of hydrogen-bond acceptors (Lipinski definition) is 5. The van der Waals surface area contributed by atoms with Crippen molar-refractivity contribution in [2.75, 3.05) is 13.7 Å². The number of hydrogen-bond donors (Lipinski definition) is 2. The van der Waals surface area contributed by atoms with Crippen molar-refractivity contribution in [3.8, 4) is 22.9 Å². The Kier molecular flexibility index (Phi) is 4.95. The van der Waals surface area contributed by atoms with E-state index in [0.717, 1.165) is 5.56 Å². The molecule has 0 saturated carbocycles. The lowest BCUT2D eigenvalue weighted by Crippen LogP contribution is -2.14. The molecule has 1 heterocycles. The largest absolute Gasteiger partial charge is 0.493 e. The molecule has 1 unspecified atom stereocenters. The number of nitrogens with two attached hydrogens (primary N) is 1. The topological polar surface area (TPSA) is 86.0 Å². The molecule has 3 N–H and O–H groups in total. The van der Waals surface area contributed by atoms with Gasteiger partial charge in [-0.2, -0.15) is 5.10 Å². The Bertz CT molecular complexity index is 866. The number of nitrogens with zero attached hydrogens (tertiary/aromatic N) is 2. The van der Waals surface area contributed by atoms with Crippen molar-refractivity contribution in [1.82, 2.24) is 15.2 Å². The maximum atomic E-state index is 13.4. The second-order valence-corrected chi connectivity index (χ2v) is 5.38. The van der Waals surface area contributed by atoms with E-state index in [-0.39, 0.29) is 5.82 Å². The molecule has 0 aliphatic carbocycles. The third-order valence-corrected chi connectivity index (χ3v) is 3.73. The molecule has 0 saturated heterocycles. The molecule has 0 radical (unpaired) electrons. The van der Waals surface area contributed by atoms with E-state index >= 15 is 0 Å². The van der Waals surface area contributed by atoms with Crippen LogP contribution in [0.4, 0.5) is 4.39 Å². The fourth-order valence-corrected chi connectivity index (χ4v) is 2.48. The molecule has 3 rings (SSSR count). The molecule has 0 aliphatic heterocycles. The summed E-state index contributed by atoms with van der Waals surface area (Å²) in [6.07, 6.45) is 0. The highest BCUT2D eigenvalue weighted by Crippen LogP contribution is 2.31. The quantitative estimate of drug-likeness (QED) is 0.719. The van der Waals surface area contributed by atoms with Gasteiger partial charge in [0.25, 0.3) is 0 Å². The summed E-state index contributed by atoms with van der Waals surface area (Å²) in [6.45, 7) is 2.41. The lowest BCUT2D eigenvalue weighted by molar-refractivity contribution is 0.310. The van der Waals surface area contributed by atoms with Gasteiger partial charge in [0.2, 0.25) is 0 Å². The van der Waals surface area contributed by atoms with Gasteiger partial charge >= 0.3 is 0 Å². The fraction of sp³-hybridized carbons (Fsp3) is 0.222. The lowest BCUT2D eigenvalue weighted by Gasteiger charge is -2.14. The predicted molar refractivity (Wildman–Crippen MR) is 92.0 cm³/mol. The first kappa shape index (κ1) is 16.9.